The van der Waals surface area contributed by atoms with Gasteiger partial charge in [0.15, 0.2) is 6.61 Å². The Morgan fingerprint density at radius 3 is 1.93 bits per heavy atom. The van der Waals surface area contributed by atoms with Crippen molar-refractivity contribution in [2.45, 2.75) is 63.8 Å². The predicted octanol–water partition coefficient (Wildman–Crippen LogP) is 2.92. The van der Waals surface area contributed by atoms with Gasteiger partial charge in [0.2, 0.25) is 29.4 Å². The summed E-state index contributed by atoms with van der Waals surface area (Å²) in [7, 11) is 0. The Labute approximate surface area is 253 Å². The summed E-state index contributed by atoms with van der Waals surface area (Å²) < 4.78 is 5.34. The first kappa shape index (κ1) is 28.8. The molecule has 4 aliphatic carbocycles. The van der Waals surface area contributed by atoms with Crippen LogP contribution < -0.4 is 0 Å². The summed E-state index contributed by atoms with van der Waals surface area (Å²) in [5, 5.41) is 11.1. The maximum absolute atomic E-state index is 13.6. The highest BCUT2D eigenvalue weighted by Crippen LogP contribution is 2.57. The number of rotatable bonds is 11. The van der Waals surface area contributed by atoms with Crippen molar-refractivity contribution in [3.63, 3.8) is 0 Å². The first-order chi connectivity index (χ1) is 21.2. The van der Waals surface area contributed by atoms with E-state index in [2.05, 4.69) is 0 Å². The zero-order chi connectivity index (χ0) is 30.9. The second-order valence-electron chi connectivity index (χ2n) is 13.5. The third-order valence-electron chi connectivity index (χ3n) is 11.4. The van der Waals surface area contributed by atoms with Crippen LogP contribution >= 0.6 is 0 Å². The van der Waals surface area contributed by atoms with Crippen LogP contribution in [0.4, 0.5) is 5.69 Å². The van der Waals surface area contributed by atoms with Crippen LogP contribution in [0.1, 0.15) is 68.1 Å². The standard InChI is InChI=1S/C32H35N3O9/c36-23(16-4-3-5-21(14-16)35(42)43)15-44-32(41)22(34-30(39)26-19-9-10-20(13-19)27(26)31(34)40)6-1-2-11-33-28(37)24-17-7-8-18(12-17)25(24)29(33)38/h3-5,14,17-20,22,24-27H,1-2,6-13,15H2/t17-,18+,19-,20+,22-,24-,25+,26-,27+/m1/s1. The van der Waals surface area contributed by atoms with Crippen LogP contribution in [0, 0.1) is 57.5 Å². The van der Waals surface area contributed by atoms with E-state index in [-0.39, 0.29) is 83.4 Å². The fraction of sp³-hybridized carbons (Fsp3) is 0.625. The first-order valence-electron chi connectivity index (χ1n) is 15.8. The summed E-state index contributed by atoms with van der Waals surface area (Å²) in [5.74, 6) is -2.93. The van der Waals surface area contributed by atoms with E-state index in [1.54, 1.807) is 0 Å². The van der Waals surface area contributed by atoms with E-state index in [0.717, 1.165) is 49.5 Å². The molecule has 2 aliphatic heterocycles. The van der Waals surface area contributed by atoms with Crippen molar-refractivity contribution in [1.29, 1.82) is 0 Å². The van der Waals surface area contributed by atoms with E-state index in [4.69, 9.17) is 4.74 Å². The monoisotopic (exact) mass is 605 g/mol. The molecule has 6 fully saturated rings. The number of unbranched alkanes of at least 4 members (excludes halogenated alkanes) is 1. The van der Waals surface area contributed by atoms with Gasteiger partial charge in [0.05, 0.1) is 28.6 Å². The molecule has 4 amide bonds. The lowest BCUT2D eigenvalue weighted by molar-refractivity contribution is -0.384. The molecule has 4 saturated carbocycles. The molecule has 7 rings (SSSR count). The largest absolute Gasteiger partial charge is 0.456 e. The van der Waals surface area contributed by atoms with Gasteiger partial charge >= 0.3 is 5.97 Å². The van der Waals surface area contributed by atoms with Gasteiger partial charge in [0.1, 0.15) is 6.04 Å². The normalized spacial score (nSPS) is 33.7. The molecule has 4 bridgehead atoms. The molecular weight excluding hydrogens is 570 g/mol. The van der Waals surface area contributed by atoms with Gasteiger partial charge in [-0.15, -0.1) is 0 Å². The second kappa shape index (κ2) is 10.9. The fourth-order valence-corrected chi connectivity index (χ4v) is 9.50. The molecule has 232 valence electrons. The molecule has 0 aromatic heterocycles. The number of esters is 1. The van der Waals surface area contributed by atoms with E-state index in [9.17, 15) is 38.9 Å². The van der Waals surface area contributed by atoms with Crippen LogP contribution in [-0.2, 0) is 28.7 Å². The number of imide groups is 2. The first-order valence-corrected chi connectivity index (χ1v) is 15.8. The summed E-state index contributed by atoms with van der Waals surface area (Å²) in [6.45, 7) is -0.485. The van der Waals surface area contributed by atoms with Gasteiger partial charge < -0.3 is 4.74 Å². The molecule has 0 N–H and O–H groups in total. The Morgan fingerprint density at radius 1 is 0.841 bits per heavy atom. The number of non-ortho nitro benzene ring substituents is 1. The average molecular weight is 606 g/mol. The third-order valence-corrected chi connectivity index (χ3v) is 11.4. The topological polar surface area (TPSA) is 161 Å². The van der Waals surface area contributed by atoms with E-state index in [0.29, 0.717) is 12.8 Å². The highest BCUT2D eigenvalue weighted by molar-refractivity contribution is 6.09. The summed E-state index contributed by atoms with van der Waals surface area (Å²) in [6.07, 6.45) is 6.37. The van der Waals surface area contributed by atoms with Crippen molar-refractivity contribution in [1.82, 2.24) is 9.80 Å². The number of nitro groups is 1. The van der Waals surface area contributed by atoms with Gasteiger partial charge in [-0.1, -0.05) is 12.1 Å². The van der Waals surface area contributed by atoms with Gasteiger partial charge in [-0.2, -0.15) is 0 Å². The number of benzene rings is 1. The minimum Gasteiger partial charge on any atom is -0.456 e. The van der Waals surface area contributed by atoms with E-state index in [1.165, 1.54) is 23.1 Å². The van der Waals surface area contributed by atoms with Crippen LogP contribution in [0.25, 0.3) is 0 Å². The summed E-state index contributed by atoms with van der Waals surface area (Å²) in [4.78, 5) is 92.4. The number of carbonyl (C=O) groups excluding carboxylic acids is 6. The number of nitrogens with zero attached hydrogens (tertiary/aromatic N) is 3. The lowest BCUT2D eigenvalue weighted by atomic mass is 9.81. The van der Waals surface area contributed by atoms with Gasteiger partial charge in [-0.25, -0.2) is 4.79 Å². The summed E-state index contributed by atoms with van der Waals surface area (Å²) in [5.41, 5.74) is -0.276. The van der Waals surface area contributed by atoms with Crippen LogP contribution in [0.2, 0.25) is 0 Å². The number of likely N-dealkylation sites (tertiary alicyclic amines) is 2. The third kappa shape index (κ3) is 4.47. The van der Waals surface area contributed by atoms with Crippen molar-refractivity contribution in [3.05, 3.63) is 39.9 Å². The number of hydrogen-bond donors (Lipinski definition) is 0. The molecule has 12 heteroatoms. The lowest BCUT2D eigenvalue weighted by Gasteiger charge is -2.26. The Bertz CT molecular complexity index is 1420. The maximum Gasteiger partial charge on any atom is 0.329 e. The highest BCUT2D eigenvalue weighted by atomic mass is 16.6. The smallest absolute Gasteiger partial charge is 0.329 e. The molecule has 0 unspecified atom stereocenters. The van der Waals surface area contributed by atoms with Crippen molar-refractivity contribution >= 4 is 41.1 Å². The van der Waals surface area contributed by atoms with Crippen LogP contribution in [0.3, 0.4) is 0 Å². The van der Waals surface area contributed by atoms with Gasteiger partial charge in [0.25, 0.3) is 5.69 Å². The molecule has 2 saturated heterocycles. The molecule has 1 aromatic carbocycles. The summed E-state index contributed by atoms with van der Waals surface area (Å²) >= 11 is 0. The van der Waals surface area contributed by atoms with Gasteiger partial charge in [-0.05, 0) is 81.5 Å². The van der Waals surface area contributed by atoms with E-state index >= 15 is 0 Å². The number of hydrogen-bond acceptors (Lipinski definition) is 9. The van der Waals surface area contributed by atoms with E-state index in [1.807, 2.05) is 0 Å². The molecule has 12 nitrogen and oxygen atoms in total. The average Bonchev–Trinajstić information content (AvgIpc) is 3.87. The molecule has 9 atom stereocenters. The quantitative estimate of drug-likeness (QED) is 0.0922. The highest BCUT2D eigenvalue weighted by Gasteiger charge is 2.63. The Morgan fingerprint density at radius 2 is 1.39 bits per heavy atom. The van der Waals surface area contributed by atoms with Crippen molar-refractivity contribution < 1.29 is 38.4 Å². The zero-order valence-electron chi connectivity index (χ0n) is 24.3. The molecule has 2 heterocycles. The number of carbonyl (C=O) groups is 6. The molecule has 44 heavy (non-hydrogen) atoms. The maximum atomic E-state index is 13.6. The number of ketones is 1. The van der Waals surface area contributed by atoms with Gasteiger partial charge in [-0.3, -0.25) is 43.9 Å². The van der Waals surface area contributed by atoms with Crippen LogP contribution in [-0.4, -0.2) is 69.3 Å². The molecule has 0 radical (unpaired) electrons. The second-order valence-corrected chi connectivity index (χ2v) is 13.5. The molecular formula is C32H35N3O9. The van der Waals surface area contributed by atoms with Crippen LogP contribution in [0.15, 0.2) is 24.3 Å². The lowest BCUT2D eigenvalue weighted by Crippen LogP contribution is -2.47. The van der Waals surface area contributed by atoms with Crippen LogP contribution in [0.5, 0.6) is 0 Å². The number of ether oxygens (including phenoxy) is 1. The minimum absolute atomic E-state index is 0.00105. The Balaban J connectivity index is 1.02. The number of Topliss-reactive ketones (excluding diaryl/α,β-unsaturated/α-hetero) is 1. The molecule has 0 spiro atoms. The Hall–Kier alpha value is -3.96. The van der Waals surface area contributed by atoms with Crippen molar-refractivity contribution in [2.75, 3.05) is 13.2 Å². The molecule has 6 aliphatic rings. The Kier molecular flexibility index (Phi) is 7.12. The number of fused-ring (bicyclic) bond motifs is 10. The number of amides is 4. The van der Waals surface area contributed by atoms with Crippen molar-refractivity contribution in [3.8, 4) is 0 Å². The predicted molar refractivity (Wildman–Crippen MR) is 150 cm³/mol. The SMILES string of the molecule is O=C(COC(=O)[C@@H](CCCCN1C(=O)[C@@H]2[C@@H]3CC[C@@H](C3)[C@@H]2C1=O)N1C(=O)[C@@H]2[C@@H]3CC[C@@H](C3)[C@@H]2C1=O)c1cccc([N+](=O)[O-])c1. The molecule has 1 aromatic rings. The van der Waals surface area contributed by atoms with Crippen molar-refractivity contribution in [2.24, 2.45) is 47.3 Å². The zero-order valence-corrected chi connectivity index (χ0v) is 24.3. The van der Waals surface area contributed by atoms with Gasteiger partial charge in [0, 0.05) is 24.2 Å². The minimum atomic E-state index is -1.24. The fourth-order valence-electron chi connectivity index (χ4n) is 9.50. The van der Waals surface area contributed by atoms with E-state index < -0.39 is 41.2 Å². The summed E-state index contributed by atoms with van der Waals surface area (Å²) in [6, 6.07) is 3.84. The number of nitro benzene ring substituents is 1.